The number of nitro benzene ring substituents is 1. The van der Waals surface area contributed by atoms with Gasteiger partial charge in [0.05, 0.1) is 17.1 Å². The van der Waals surface area contributed by atoms with Crippen molar-refractivity contribution < 1.29 is 14.5 Å². The van der Waals surface area contributed by atoms with Gasteiger partial charge in [0.1, 0.15) is 5.69 Å². The normalized spacial score (nSPS) is 10.4. The van der Waals surface area contributed by atoms with Gasteiger partial charge in [-0.3, -0.25) is 10.1 Å². The summed E-state index contributed by atoms with van der Waals surface area (Å²) in [4.78, 5) is 21.3. The molecule has 0 spiro atoms. The topological polar surface area (TPSA) is 95.5 Å². The van der Waals surface area contributed by atoms with Gasteiger partial charge in [0.25, 0.3) is 5.69 Å². The van der Waals surface area contributed by atoms with Gasteiger partial charge in [-0.2, -0.15) is 0 Å². The molecule has 0 unspecified atom stereocenters. The molecule has 1 rings (SSSR count). The second-order valence-corrected chi connectivity index (χ2v) is 3.13. The summed E-state index contributed by atoms with van der Waals surface area (Å²) in [6.45, 7) is 1.93. The quantitative estimate of drug-likeness (QED) is 0.282. The zero-order chi connectivity index (χ0) is 12.8. The Hall–Kier alpha value is -2.37. The summed E-state index contributed by atoms with van der Waals surface area (Å²) in [7, 11) is 0. The smallest absolute Gasteiger partial charge is 0.330 e. The van der Waals surface area contributed by atoms with E-state index >= 15 is 0 Å². The van der Waals surface area contributed by atoms with E-state index in [1.165, 1.54) is 18.2 Å². The summed E-state index contributed by atoms with van der Waals surface area (Å²) in [5, 5.41) is 10.8. The van der Waals surface area contributed by atoms with Crippen molar-refractivity contribution in [2.45, 2.75) is 6.92 Å². The molecular formula is C11H12N2O4. The van der Waals surface area contributed by atoms with Crippen LogP contribution in [0, 0.1) is 10.1 Å². The number of ether oxygens (including phenoxy) is 1. The number of nitrogens with zero attached hydrogens (tertiary/aromatic N) is 1. The maximum absolute atomic E-state index is 11.1. The van der Waals surface area contributed by atoms with E-state index in [9.17, 15) is 14.9 Å². The SMILES string of the molecule is CCOC(=O)C=Cc1cccc(N)c1[N+](=O)[O-]. The number of carbonyl (C=O) groups excluding carboxylic acids is 1. The third-order valence-corrected chi connectivity index (χ3v) is 1.97. The molecule has 0 aromatic heterocycles. The van der Waals surface area contributed by atoms with Gasteiger partial charge in [0.15, 0.2) is 0 Å². The van der Waals surface area contributed by atoms with Gasteiger partial charge in [-0.15, -0.1) is 0 Å². The highest BCUT2D eigenvalue weighted by Gasteiger charge is 2.15. The van der Waals surface area contributed by atoms with Crippen molar-refractivity contribution in [1.82, 2.24) is 0 Å². The van der Waals surface area contributed by atoms with Crippen molar-refractivity contribution in [2.24, 2.45) is 0 Å². The highest BCUT2D eigenvalue weighted by atomic mass is 16.6. The number of benzene rings is 1. The fraction of sp³-hybridized carbons (Fsp3) is 0.182. The molecule has 1 aromatic rings. The zero-order valence-electron chi connectivity index (χ0n) is 9.25. The first kappa shape index (κ1) is 12.7. The number of hydrogen-bond acceptors (Lipinski definition) is 5. The van der Waals surface area contributed by atoms with E-state index < -0.39 is 10.9 Å². The molecular weight excluding hydrogens is 224 g/mol. The Balaban J connectivity index is 3.02. The number of nitrogen functional groups attached to an aromatic ring is 1. The minimum Gasteiger partial charge on any atom is -0.463 e. The van der Waals surface area contributed by atoms with E-state index in [4.69, 9.17) is 5.73 Å². The highest BCUT2D eigenvalue weighted by Crippen LogP contribution is 2.26. The van der Waals surface area contributed by atoms with Crippen LogP contribution in [-0.4, -0.2) is 17.5 Å². The summed E-state index contributed by atoms with van der Waals surface area (Å²) in [5.74, 6) is -0.552. The van der Waals surface area contributed by atoms with Gasteiger partial charge >= 0.3 is 5.97 Å². The van der Waals surface area contributed by atoms with Crippen LogP contribution in [0.5, 0.6) is 0 Å². The summed E-state index contributed by atoms with van der Waals surface area (Å²) in [6, 6.07) is 4.51. The first-order chi connectivity index (χ1) is 8.06. The molecule has 17 heavy (non-hydrogen) atoms. The van der Waals surface area contributed by atoms with E-state index in [2.05, 4.69) is 4.74 Å². The Labute approximate surface area is 97.8 Å². The lowest BCUT2D eigenvalue weighted by atomic mass is 10.1. The second-order valence-electron chi connectivity index (χ2n) is 3.13. The van der Waals surface area contributed by atoms with Gasteiger partial charge in [-0.1, -0.05) is 6.07 Å². The van der Waals surface area contributed by atoms with Gasteiger partial charge in [-0.25, -0.2) is 4.79 Å². The molecule has 0 amide bonds. The molecule has 0 aliphatic carbocycles. The molecule has 2 N–H and O–H groups in total. The number of hydrogen-bond donors (Lipinski definition) is 1. The minimum atomic E-state index is -0.583. The van der Waals surface area contributed by atoms with Crippen LogP contribution in [-0.2, 0) is 9.53 Å². The van der Waals surface area contributed by atoms with E-state index in [0.717, 1.165) is 6.08 Å². The maximum atomic E-state index is 11.1. The number of carbonyl (C=O) groups is 1. The van der Waals surface area contributed by atoms with Crippen molar-refractivity contribution >= 4 is 23.4 Å². The van der Waals surface area contributed by atoms with Crippen LogP contribution < -0.4 is 5.73 Å². The molecule has 0 atom stereocenters. The Kier molecular flexibility index (Phi) is 4.21. The summed E-state index contributed by atoms with van der Waals surface area (Å²) in [5.41, 5.74) is 5.60. The summed E-state index contributed by atoms with van der Waals surface area (Å²) >= 11 is 0. The summed E-state index contributed by atoms with van der Waals surface area (Å²) < 4.78 is 4.67. The van der Waals surface area contributed by atoms with Crippen molar-refractivity contribution in [3.8, 4) is 0 Å². The Bertz CT molecular complexity index is 469. The van der Waals surface area contributed by atoms with Crippen LogP contribution in [0.15, 0.2) is 24.3 Å². The van der Waals surface area contributed by atoms with Crippen LogP contribution in [0.4, 0.5) is 11.4 Å². The molecule has 1 aromatic carbocycles. The van der Waals surface area contributed by atoms with Gasteiger partial charge in [-0.05, 0) is 25.1 Å². The number of anilines is 1. The lowest BCUT2D eigenvalue weighted by Crippen LogP contribution is -2.00. The van der Waals surface area contributed by atoms with E-state index in [-0.39, 0.29) is 23.5 Å². The highest BCUT2D eigenvalue weighted by molar-refractivity contribution is 5.88. The van der Waals surface area contributed by atoms with Crippen LogP contribution >= 0.6 is 0 Å². The third kappa shape index (κ3) is 3.30. The molecule has 0 saturated heterocycles. The largest absolute Gasteiger partial charge is 0.463 e. The Morgan fingerprint density at radius 3 is 2.88 bits per heavy atom. The predicted octanol–water partition coefficient (Wildman–Crippen LogP) is 1.75. The average molecular weight is 236 g/mol. The lowest BCUT2D eigenvalue weighted by Gasteiger charge is -2.00. The molecule has 0 radical (unpaired) electrons. The second kappa shape index (κ2) is 5.64. The van der Waals surface area contributed by atoms with Crippen LogP contribution in [0.25, 0.3) is 6.08 Å². The van der Waals surface area contributed by atoms with Crippen molar-refractivity contribution in [2.75, 3.05) is 12.3 Å². The molecule has 0 heterocycles. The number of nitrogens with two attached hydrogens (primary N) is 1. The van der Waals surface area contributed by atoms with E-state index in [1.807, 2.05) is 0 Å². The number of rotatable bonds is 4. The predicted molar refractivity (Wildman–Crippen MR) is 63.2 cm³/mol. The maximum Gasteiger partial charge on any atom is 0.330 e. The first-order valence-electron chi connectivity index (χ1n) is 4.94. The van der Waals surface area contributed by atoms with Crippen LogP contribution in [0.1, 0.15) is 12.5 Å². The van der Waals surface area contributed by atoms with Crippen molar-refractivity contribution in [3.63, 3.8) is 0 Å². The van der Waals surface area contributed by atoms with Crippen molar-refractivity contribution in [1.29, 1.82) is 0 Å². The summed E-state index contributed by atoms with van der Waals surface area (Å²) in [6.07, 6.45) is 2.44. The van der Waals surface area contributed by atoms with Gasteiger partial charge < -0.3 is 10.5 Å². The Morgan fingerprint density at radius 1 is 1.59 bits per heavy atom. The molecule has 0 saturated carbocycles. The minimum absolute atomic E-state index is 0.0565. The van der Waals surface area contributed by atoms with E-state index in [0.29, 0.717) is 0 Å². The molecule has 0 aliphatic rings. The van der Waals surface area contributed by atoms with Crippen molar-refractivity contribution in [3.05, 3.63) is 40.0 Å². The van der Waals surface area contributed by atoms with Crippen LogP contribution in [0.3, 0.4) is 0 Å². The number of nitro groups is 1. The molecule has 0 bridgehead atoms. The van der Waals surface area contributed by atoms with E-state index in [1.54, 1.807) is 13.0 Å². The number of para-hydroxylation sites is 1. The first-order valence-corrected chi connectivity index (χ1v) is 4.94. The molecule has 6 nitrogen and oxygen atoms in total. The van der Waals surface area contributed by atoms with Gasteiger partial charge in [0.2, 0.25) is 0 Å². The average Bonchev–Trinajstić information content (AvgIpc) is 2.26. The number of esters is 1. The lowest BCUT2D eigenvalue weighted by molar-refractivity contribution is -0.384. The molecule has 6 heteroatoms. The standard InChI is InChI=1S/C11H12N2O4/c1-2-17-10(14)7-6-8-4-3-5-9(12)11(8)13(15)16/h3-7H,2,12H2,1H3. The molecule has 0 aliphatic heterocycles. The fourth-order valence-corrected chi connectivity index (χ4v) is 1.27. The molecule has 90 valence electrons. The zero-order valence-corrected chi connectivity index (χ0v) is 9.25. The van der Waals surface area contributed by atoms with Gasteiger partial charge in [0, 0.05) is 6.08 Å². The monoisotopic (exact) mass is 236 g/mol. The third-order valence-electron chi connectivity index (χ3n) is 1.97. The molecule has 0 fully saturated rings. The fourth-order valence-electron chi connectivity index (χ4n) is 1.27. The van der Waals surface area contributed by atoms with Crippen LogP contribution in [0.2, 0.25) is 0 Å². The Morgan fingerprint density at radius 2 is 2.29 bits per heavy atom.